The van der Waals surface area contributed by atoms with Gasteiger partial charge >= 0.3 is 0 Å². The summed E-state index contributed by atoms with van der Waals surface area (Å²) in [6, 6.07) is 1.38. The molecule has 2 fully saturated rings. The number of ether oxygens (including phenoxy) is 2. The predicted octanol–water partition coefficient (Wildman–Crippen LogP) is 1.75. The minimum absolute atomic E-state index is 0.660. The van der Waals surface area contributed by atoms with Crippen LogP contribution in [-0.4, -0.2) is 63.5 Å². The molecule has 1 saturated heterocycles. The second kappa shape index (κ2) is 8.32. The standard InChI is InChI=1S/C16H32N2O2/c1-13(2)16-11-17-15(14-5-6-14)12-18(16)7-10-20-9-4-8-19-3/h13-17H,4-12H2,1-3H3. The molecular formula is C16H32N2O2. The molecule has 0 bridgehead atoms. The second-order valence-corrected chi connectivity index (χ2v) is 6.62. The fourth-order valence-corrected chi connectivity index (χ4v) is 3.17. The average molecular weight is 284 g/mol. The number of piperazine rings is 1. The molecule has 1 heterocycles. The third-order valence-corrected chi connectivity index (χ3v) is 4.61. The maximum atomic E-state index is 5.74. The van der Waals surface area contributed by atoms with Crippen molar-refractivity contribution in [2.24, 2.45) is 11.8 Å². The highest BCUT2D eigenvalue weighted by Gasteiger charge is 2.37. The van der Waals surface area contributed by atoms with E-state index in [-0.39, 0.29) is 0 Å². The first-order valence-corrected chi connectivity index (χ1v) is 8.26. The normalized spacial score (nSPS) is 28.2. The molecule has 4 heteroatoms. The third-order valence-electron chi connectivity index (χ3n) is 4.61. The molecule has 118 valence electrons. The molecule has 1 N–H and O–H groups in total. The van der Waals surface area contributed by atoms with Gasteiger partial charge in [-0.3, -0.25) is 4.90 Å². The van der Waals surface area contributed by atoms with E-state index in [0.29, 0.717) is 12.0 Å². The maximum absolute atomic E-state index is 5.74. The van der Waals surface area contributed by atoms with Crippen molar-refractivity contribution in [3.8, 4) is 0 Å². The minimum atomic E-state index is 0.660. The topological polar surface area (TPSA) is 33.7 Å². The Labute approximate surface area is 124 Å². The number of nitrogens with zero attached hydrogens (tertiary/aromatic N) is 1. The molecule has 0 aromatic carbocycles. The number of nitrogens with one attached hydrogen (secondary N) is 1. The first-order valence-electron chi connectivity index (χ1n) is 8.26. The van der Waals surface area contributed by atoms with Gasteiger partial charge in [0.2, 0.25) is 0 Å². The van der Waals surface area contributed by atoms with Crippen LogP contribution in [0.1, 0.15) is 33.1 Å². The zero-order valence-electron chi connectivity index (χ0n) is 13.4. The Bertz CT molecular complexity index is 269. The molecule has 2 atom stereocenters. The predicted molar refractivity (Wildman–Crippen MR) is 82.0 cm³/mol. The SMILES string of the molecule is COCCCOCCN1CC(C2CC2)NCC1C(C)C. The van der Waals surface area contributed by atoms with Crippen LogP contribution in [-0.2, 0) is 9.47 Å². The summed E-state index contributed by atoms with van der Waals surface area (Å²) in [5.41, 5.74) is 0. The molecule has 20 heavy (non-hydrogen) atoms. The summed E-state index contributed by atoms with van der Waals surface area (Å²) in [4.78, 5) is 2.65. The average Bonchev–Trinajstić information content (AvgIpc) is 3.27. The van der Waals surface area contributed by atoms with Crippen LogP contribution in [0.15, 0.2) is 0 Å². The summed E-state index contributed by atoms with van der Waals surface area (Å²) in [5, 5.41) is 3.76. The van der Waals surface area contributed by atoms with Gasteiger partial charge < -0.3 is 14.8 Å². The Kier molecular flexibility index (Phi) is 6.75. The van der Waals surface area contributed by atoms with Crippen molar-refractivity contribution >= 4 is 0 Å². The molecule has 4 nitrogen and oxygen atoms in total. The van der Waals surface area contributed by atoms with Crippen LogP contribution in [0.3, 0.4) is 0 Å². The van der Waals surface area contributed by atoms with Gasteiger partial charge in [0.1, 0.15) is 0 Å². The van der Waals surface area contributed by atoms with Gasteiger partial charge in [0.25, 0.3) is 0 Å². The molecule has 1 aliphatic heterocycles. The summed E-state index contributed by atoms with van der Waals surface area (Å²) >= 11 is 0. The molecule has 1 aliphatic carbocycles. The van der Waals surface area contributed by atoms with E-state index in [2.05, 4.69) is 24.1 Å². The molecule has 2 aliphatic rings. The third kappa shape index (κ3) is 4.99. The Morgan fingerprint density at radius 2 is 2.00 bits per heavy atom. The van der Waals surface area contributed by atoms with Gasteiger partial charge in [-0.15, -0.1) is 0 Å². The molecular weight excluding hydrogens is 252 g/mol. The summed E-state index contributed by atoms with van der Waals surface area (Å²) in [5.74, 6) is 1.64. The summed E-state index contributed by atoms with van der Waals surface area (Å²) < 4.78 is 10.8. The monoisotopic (exact) mass is 284 g/mol. The molecule has 2 rings (SSSR count). The lowest BCUT2D eigenvalue weighted by Crippen LogP contribution is -2.59. The molecule has 0 amide bonds. The summed E-state index contributed by atoms with van der Waals surface area (Å²) in [6.07, 6.45) is 3.84. The first kappa shape index (κ1) is 16.2. The van der Waals surface area contributed by atoms with Gasteiger partial charge in [-0.05, 0) is 31.1 Å². The van der Waals surface area contributed by atoms with Crippen LogP contribution in [0.4, 0.5) is 0 Å². The fourth-order valence-electron chi connectivity index (χ4n) is 3.17. The lowest BCUT2D eigenvalue weighted by Gasteiger charge is -2.42. The van der Waals surface area contributed by atoms with Crippen LogP contribution in [0.25, 0.3) is 0 Å². The van der Waals surface area contributed by atoms with E-state index in [1.807, 2.05) is 0 Å². The molecule has 0 radical (unpaired) electrons. The lowest BCUT2D eigenvalue weighted by molar-refractivity contribution is 0.0414. The Morgan fingerprint density at radius 3 is 2.65 bits per heavy atom. The van der Waals surface area contributed by atoms with E-state index in [1.54, 1.807) is 7.11 Å². The van der Waals surface area contributed by atoms with Gasteiger partial charge in [0.15, 0.2) is 0 Å². The van der Waals surface area contributed by atoms with Crippen LogP contribution >= 0.6 is 0 Å². The van der Waals surface area contributed by atoms with Crippen LogP contribution < -0.4 is 5.32 Å². The van der Waals surface area contributed by atoms with Crippen molar-refractivity contribution in [2.75, 3.05) is 46.6 Å². The van der Waals surface area contributed by atoms with Gasteiger partial charge in [-0.2, -0.15) is 0 Å². The van der Waals surface area contributed by atoms with E-state index in [0.717, 1.165) is 51.3 Å². The highest BCUT2D eigenvalue weighted by Crippen LogP contribution is 2.34. The van der Waals surface area contributed by atoms with Crippen LogP contribution in [0.5, 0.6) is 0 Å². The minimum Gasteiger partial charge on any atom is -0.385 e. The second-order valence-electron chi connectivity index (χ2n) is 6.62. The molecule has 0 aromatic rings. The van der Waals surface area contributed by atoms with E-state index in [1.165, 1.54) is 19.4 Å². The Balaban J connectivity index is 1.69. The maximum Gasteiger partial charge on any atom is 0.0593 e. The van der Waals surface area contributed by atoms with Crippen molar-refractivity contribution in [1.29, 1.82) is 0 Å². The van der Waals surface area contributed by atoms with E-state index >= 15 is 0 Å². The fraction of sp³-hybridized carbons (Fsp3) is 1.00. The van der Waals surface area contributed by atoms with Gasteiger partial charge in [-0.25, -0.2) is 0 Å². The van der Waals surface area contributed by atoms with Crippen molar-refractivity contribution in [1.82, 2.24) is 10.2 Å². The molecule has 2 unspecified atom stereocenters. The van der Waals surface area contributed by atoms with Crippen LogP contribution in [0.2, 0.25) is 0 Å². The van der Waals surface area contributed by atoms with Crippen LogP contribution in [0, 0.1) is 11.8 Å². The highest BCUT2D eigenvalue weighted by molar-refractivity contribution is 4.95. The van der Waals surface area contributed by atoms with Crippen molar-refractivity contribution in [2.45, 2.75) is 45.2 Å². The first-order chi connectivity index (χ1) is 9.72. The summed E-state index contributed by atoms with van der Waals surface area (Å²) in [7, 11) is 1.74. The number of rotatable bonds is 9. The lowest BCUT2D eigenvalue weighted by atomic mass is 9.97. The van der Waals surface area contributed by atoms with Gasteiger partial charge in [0.05, 0.1) is 6.61 Å². The molecule has 1 saturated carbocycles. The van der Waals surface area contributed by atoms with E-state index in [4.69, 9.17) is 9.47 Å². The van der Waals surface area contributed by atoms with Crippen molar-refractivity contribution < 1.29 is 9.47 Å². The Morgan fingerprint density at radius 1 is 1.20 bits per heavy atom. The summed E-state index contributed by atoms with van der Waals surface area (Å²) in [6.45, 7) is 10.5. The number of hydrogen-bond donors (Lipinski definition) is 1. The van der Waals surface area contributed by atoms with Crippen molar-refractivity contribution in [3.63, 3.8) is 0 Å². The number of methoxy groups -OCH3 is 1. The number of hydrogen-bond acceptors (Lipinski definition) is 4. The quantitative estimate of drug-likeness (QED) is 0.654. The van der Waals surface area contributed by atoms with E-state index < -0.39 is 0 Å². The Hall–Kier alpha value is -0.160. The molecule has 0 spiro atoms. The van der Waals surface area contributed by atoms with Crippen molar-refractivity contribution in [3.05, 3.63) is 0 Å². The zero-order chi connectivity index (χ0) is 14.4. The van der Waals surface area contributed by atoms with Gasteiger partial charge in [-0.1, -0.05) is 13.8 Å². The molecule has 0 aromatic heterocycles. The highest BCUT2D eigenvalue weighted by atomic mass is 16.5. The largest absolute Gasteiger partial charge is 0.385 e. The van der Waals surface area contributed by atoms with E-state index in [9.17, 15) is 0 Å². The van der Waals surface area contributed by atoms with Gasteiger partial charge in [0, 0.05) is 52.0 Å². The smallest absolute Gasteiger partial charge is 0.0593 e. The zero-order valence-corrected chi connectivity index (χ0v) is 13.4.